The number of hydrogen-bond donors (Lipinski definition) is 1. The fourth-order valence-electron chi connectivity index (χ4n) is 2.75. The third kappa shape index (κ3) is 3.74. The molecule has 0 amide bonds. The lowest BCUT2D eigenvalue weighted by Gasteiger charge is -2.30. The van der Waals surface area contributed by atoms with Crippen LogP contribution >= 0.6 is 22.6 Å². The molecule has 0 spiro atoms. The highest BCUT2D eigenvalue weighted by Gasteiger charge is 2.29. The van der Waals surface area contributed by atoms with Crippen LogP contribution in [0.5, 0.6) is 0 Å². The van der Waals surface area contributed by atoms with E-state index in [0.29, 0.717) is 11.7 Å². The van der Waals surface area contributed by atoms with E-state index in [9.17, 15) is 10.1 Å². The maximum absolute atomic E-state index is 11.7. The van der Waals surface area contributed by atoms with E-state index in [1.54, 1.807) is 0 Å². The number of nitrogens with zero attached hydrogens (tertiary/aromatic N) is 4. The molecule has 0 aliphatic carbocycles. The number of hydrogen-bond acceptors (Lipinski definition) is 6. The SMILES string of the molecule is CC1CCN(c2ncnc(Nc3ccc(I)cc3)c2[N+](=O)[O-])CC1. The van der Waals surface area contributed by atoms with Crippen molar-refractivity contribution >= 4 is 45.6 Å². The Kier molecular flexibility index (Phi) is 5.12. The molecule has 1 saturated heterocycles. The van der Waals surface area contributed by atoms with Gasteiger partial charge in [0.1, 0.15) is 6.33 Å². The summed E-state index contributed by atoms with van der Waals surface area (Å²) in [6.45, 7) is 3.76. The van der Waals surface area contributed by atoms with Crippen molar-refractivity contribution in [2.24, 2.45) is 5.92 Å². The van der Waals surface area contributed by atoms with E-state index in [1.807, 2.05) is 29.2 Å². The summed E-state index contributed by atoms with van der Waals surface area (Å²) in [5.74, 6) is 1.27. The molecule has 8 heteroatoms. The Labute approximate surface area is 153 Å². The van der Waals surface area contributed by atoms with E-state index in [-0.39, 0.29) is 11.5 Å². The minimum Gasteiger partial charge on any atom is -0.351 e. The van der Waals surface area contributed by atoms with Crippen molar-refractivity contribution in [3.63, 3.8) is 0 Å². The summed E-state index contributed by atoms with van der Waals surface area (Å²) < 4.78 is 1.10. The summed E-state index contributed by atoms with van der Waals surface area (Å²) in [5, 5.41) is 14.7. The van der Waals surface area contributed by atoms with Gasteiger partial charge in [-0.1, -0.05) is 6.92 Å². The van der Waals surface area contributed by atoms with Gasteiger partial charge in [0, 0.05) is 22.3 Å². The van der Waals surface area contributed by atoms with Gasteiger partial charge >= 0.3 is 5.69 Å². The van der Waals surface area contributed by atoms with Crippen LogP contribution in [0.3, 0.4) is 0 Å². The topological polar surface area (TPSA) is 84.2 Å². The first-order valence-electron chi connectivity index (χ1n) is 7.81. The van der Waals surface area contributed by atoms with Crippen molar-refractivity contribution in [3.8, 4) is 0 Å². The Balaban J connectivity index is 1.93. The number of nitrogens with one attached hydrogen (secondary N) is 1. The summed E-state index contributed by atoms with van der Waals surface area (Å²) in [4.78, 5) is 21.5. The lowest BCUT2D eigenvalue weighted by Crippen LogP contribution is -2.34. The predicted octanol–water partition coefficient (Wildman–Crippen LogP) is 3.97. The number of piperidine rings is 1. The molecule has 1 N–H and O–H groups in total. The fraction of sp³-hybridized carbons (Fsp3) is 0.375. The highest BCUT2D eigenvalue weighted by Crippen LogP contribution is 2.35. The Bertz CT molecular complexity index is 730. The van der Waals surface area contributed by atoms with Gasteiger partial charge in [0.2, 0.25) is 11.6 Å². The Morgan fingerprint density at radius 2 is 1.92 bits per heavy atom. The van der Waals surface area contributed by atoms with Crippen LogP contribution in [0.25, 0.3) is 0 Å². The summed E-state index contributed by atoms with van der Waals surface area (Å²) >= 11 is 2.21. The average Bonchev–Trinajstić information content (AvgIpc) is 2.57. The number of aromatic nitrogens is 2. The molecule has 0 saturated carbocycles. The van der Waals surface area contributed by atoms with Crippen LogP contribution in [0.2, 0.25) is 0 Å². The zero-order valence-corrected chi connectivity index (χ0v) is 15.4. The van der Waals surface area contributed by atoms with Crippen LogP contribution in [0.1, 0.15) is 19.8 Å². The second-order valence-corrected chi connectivity index (χ2v) is 7.20. The Hall–Kier alpha value is -1.97. The molecule has 2 heterocycles. The van der Waals surface area contributed by atoms with Crippen LogP contribution in [0.15, 0.2) is 30.6 Å². The van der Waals surface area contributed by atoms with Crippen LogP contribution in [-0.2, 0) is 0 Å². The molecular weight excluding hydrogens is 421 g/mol. The molecule has 3 rings (SSSR count). The van der Waals surface area contributed by atoms with Crippen LogP contribution in [0, 0.1) is 19.6 Å². The molecule has 126 valence electrons. The zero-order valence-electron chi connectivity index (χ0n) is 13.3. The van der Waals surface area contributed by atoms with Crippen LogP contribution < -0.4 is 10.2 Å². The van der Waals surface area contributed by atoms with E-state index in [0.717, 1.165) is 35.2 Å². The molecule has 7 nitrogen and oxygen atoms in total. The van der Waals surface area contributed by atoms with Crippen molar-refractivity contribution in [1.29, 1.82) is 0 Å². The van der Waals surface area contributed by atoms with Gasteiger partial charge < -0.3 is 10.2 Å². The van der Waals surface area contributed by atoms with Crippen molar-refractivity contribution in [2.45, 2.75) is 19.8 Å². The van der Waals surface area contributed by atoms with Gasteiger partial charge in [0.05, 0.1) is 4.92 Å². The third-order valence-corrected chi connectivity index (χ3v) is 4.89. The summed E-state index contributed by atoms with van der Waals surface area (Å²) in [5.41, 5.74) is 0.695. The van der Waals surface area contributed by atoms with Crippen molar-refractivity contribution < 1.29 is 4.92 Å². The predicted molar refractivity (Wildman–Crippen MR) is 102 cm³/mol. The maximum Gasteiger partial charge on any atom is 0.353 e. The Morgan fingerprint density at radius 1 is 1.25 bits per heavy atom. The minimum atomic E-state index is -0.400. The summed E-state index contributed by atoms with van der Waals surface area (Å²) in [6.07, 6.45) is 3.41. The lowest BCUT2D eigenvalue weighted by molar-refractivity contribution is -0.383. The smallest absolute Gasteiger partial charge is 0.351 e. The number of nitro groups is 1. The molecule has 2 aromatic rings. The minimum absolute atomic E-state index is 0.0643. The second kappa shape index (κ2) is 7.29. The van der Waals surface area contributed by atoms with E-state index >= 15 is 0 Å². The normalized spacial score (nSPS) is 15.3. The van der Waals surface area contributed by atoms with Crippen LogP contribution in [-0.4, -0.2) is 28.0 Å². The van der Waals surface area contributed by atoms with Gasteiger partial charge in [0.15, 0.2) is 0 Å². The number of rotatable bonds is 4. The molecule has 24 heavy (non-hydrogen) atoms. The maximum atomic E-state index is 11.7. The van der Waals surface area contributed by atoms with Gasteiger partial charge in [-0.2, -0.15) is 0 Å². The van der Waals surface area contributed by atoms with Gasteiger partial charge in [-0.25, -0.2) is 9.97 Å². The first-order chi connectivity index (χ1) is 11.5. The fourth-order valence-corrected chi connectivity index (χ4v) is 3.11. The highest BCUT2D eigenvalue weighted by molar-refractivity contribution is 14.1. The number of halogens is 1. The van der Waals surface area contributed by atoms with Gasteiger partial charge in [0.25, 0.3) is 0 Å². The van der Waals surface area contributed by atoms with E-state index < -0.39 is 4.92 Å². The van der Waals surface area contributed by atoms with Crippen LogP contribution in [0.4, 0.5) is 23.0 Å². The molecule has 0 unspecified atom stereocenters. The molecule has 0 radical (unpaired) electrons. The van der Waals surface area contributed by atoms with E-state index in [2.05, 4.69) is 44.8 Å². The lowest BCUT2D eigenvalue weighted by atomic mass is 9.99. The molecule has 1 fully saturated rings. The zero-order chi connectivity index (χ0) is 17.1. The Morgan fingerprint density at radius 3 is 2.54 bits per heavy atom. The van der Waals surface area contributed by atoms with Crippen molar-refractivity contribution in [2.75, 3.05) is 23.3 Å². The molecular formula is C16H18IN5O2. The van der Waals surface area contributed by atoms with Gasteiger partial charge in [-0.15, -0.1) is 0 Å². The molecule has 1 aliphatic heterocycles. The van der Waals surface area contributed by atoms with Gasteiger partial charge in [-0.3, -0.25) is 10.1 Å². The highest BCUT2D eigenvalue weighted by atomic mass is 127. The largest absolute Gasteiger partial charge is 0.353 e. The average molecular weight is 439 g/mol. The second-order valence-electron chi connectivity index (χ2n) is 5.95. The van der Waals surface area contributed by atoms with Crippen molar-refractivity contribution in [3.05, 3.63) is 44.3 Å². The summed E-state index contributed by atoms with van der Waals surface area (Å²) in [6, 6.07) is 7.61. The van der Waals surface area contributed by atoms with Crippen molar-refractivity contribution in [1.82, 2.24) is 9.97 Å². The number of anilines is 3. The molecule has 1 aromatic heterocycles. The van der Waals surface area contributed by atoms with E-state index in [4.69, 9.17) is 0 Å². The molecule has 0 atom stereocenters. The summed E-state index contributed by atoms with van der Waals surface area (Å²) in [7, 11) is 0. The first kappa shape index (κ1) is 16.9. The molecule has 1 aromatic carbocycles. The molecule has 1 aliphatic rings. The number of benzene rings is 1. The quantitative estimate of drug-likeness (QED) is 0.441. The van der Waals surface area contributed by atoms with Gasteiger partial charge in [-0.05, 0) is 65.6 Å². The first-order valence-corrected chi connectivity index (χ1v) is 8.89. The molecule has 0 bridgehead atoms. The third-order valence-electron chi connectivity index (χ3n) is 4.18. The standard InChI is InChI=1S/C16H18IN5O2/c1-11-6-8-21(9-7-11)16-14(22(23)24)15(18-10-19-16)20-13-4-2-12(17)3-5-13/h2-5,10-11H,6-9H2,1H3,(H,18,19,20). The monoisotopic (exact) mass is 439 g/mol. The van der Waals surface area contributed by atoms with E-state index in [1.165, 1.54) is 6.33 Å².